The zero-order chi connectivity index (χ0) is 21.2. The molecule has 29 heavy (non-hydrogen) atoms. The van der Waals surface area contributed by atoms with Crippen molar-refractivity contribution >= 4 is 22.4 Å². The highest BCUT2D eigenvalue weighted by molar-refractivity contribution is 6.31. The van der Waals surface area contributed by atoms with Crippen LogP contribution in [0.4, 0.5) is 0 Å². The molecule has 0 heterocycles. The first kappa shape index (κ1) is 22.7. The summed E-state index contributed by atoms with van der Waals surface area (Å²) in [5.74, 6) is 0.401. The molecule has 0 radical (unpaired) electrons. The number of fused-ring (bicyclic) bond motifs is 1. The summed E-state index contributed by atoms with van der Waals surface area (Å²) >= 11 is 5.86. The second-order valence-corrected chi connectivity index (χ2v) is 7.39. The van der Waals surface area contributed by atoms with Gasteiger partial charge in [-0.1, -0.05) is 67.1 Å². The number of benzene rings is 3. The zero-order valence-electron chi connectivity index (χ0n) is 17.1. The second-order valence-electron chi connectivity index (χ2n) is 6.99. The van der Waals surface area contributed by atoms with Crippen molar-refractivity contribution in [3.8, 4) is 11.8 Å². The summed E-state index contributed by atoms with van der Waals surface area (Å²) in [6.07, 6.45) is 0.515. The third kappa shape index (κ3) is 7.07. The summed E-state index contributed by atoms with van der Waals surface area (Å²) in [7, 11) is 3.73. The van der Waals surface area contributed by atoms with E-state index in [0.717, 1.165) is 6.42 Å². The number of aryl methyl sites for hydroxylation is 1. The van der Waals surface area contributed by atoms with Crippen LogP contribution in [0.15, 0.2) is 60.7 Å². The van der Waals surface area contributed by atoms with Gasteiger partial charge in [0, 0.05) is 6.54 Å². The fourth-order valence-electron chi connectivity index (χ4n) is 2.85. The molecule has 0 saturated carbocycles. The minimum atomic E-state index is -0.601. The average Bonchev–Trinajstić information content (AvgIpc) is 2.72. The molecular formula is C24H27ClN2O2. The maximum atomic E-state index is 9.63. The molecule has 0 aromatic heterocycles. The molecule has 152 valence electrons. The lowest BCUT2D eigenvalue weighted by Gasteiger charge is -2.17. The average molecular weight is 411 g/mol. The van der Waals surface area contributed by atoms with Crippen LogP contribution in [0.5, 0.6) is 5.75 Å². The van der Waals surface area contributed by atoms with Gasteiger partial charge in [-0.2, -0.15) is 5.26 Å². The predicted molar refractivity (Wildman–Crippen MR) is 120 cm³/mol. The van der Waals surface area contributed by atoms with Gasteiger partial charge in [-0.05, 0) is 49.0 Å². The predicted octanol–water partition coefficient (Wildman–Crippen LogP) is 4.92. The van der Waals surface area contributed by atoms with Crippen LogP contribution >= 0.6 is 11.6 Å². The maximum Gasteiger partial charge on any atom is 0.138 e. The van der Waals surface area contributed by atoms with Crippen LogP contribution in [0, 0.1) is 11.3 Å². The van der Waals surface area contributed by atoms with Crippen LogP contribution in [0.1, 0.15) is 18.1 Å². The fourth-order valence-corrected chi connectivity index (χ4v) is 3.06. The molecule has 1 atom stereocenters. The monoisotopic (exact) mass is 410 g/mol. The summed E-state index contributed by atoms with van der Waals surface area (Å²) in [5, 5.41) is 21.6. The Hall–Kier alpha value is -2.58. The van der Waals surface area contributed by atoms with Crippen molar-refractivity contribution in [1.82, 2.24) is 4.90 Å². The van der Waals surface area contributed by atoms with Crippen molar-refractivity contribution < 1.29 is 9.84 Å². The quantitative estimate of drug-likeness (QED) is 0.626. The summed E-state index contributed by atoms with van der Waals surface area (Å²) in [4.78, 5) is 1.86. The number of nitrogens with zero attached hydrogens (tertiary/aromatic N) is 2. The number of likely N-dealkylation sites (N-methyl/N-ethyl adjacent to an activating group) is 1. The first-order valence-corrected chi connectivity index (χ1v) is 9.94. The number of hydrogen-bond acceptors (Lipinski definition) is 4. The van der Waals surface area contributed by atoms with E-state index in [1.165, 1.54) is 16.3 Å². The molecule has 3 aromatic carbocycles. The minimum Gasteiger partial charge on any atom is -0.489 e. The van der Waals surface area contributed by atoms with Crippen LogP contribution in [-0.2, 0) is 6.42 Å². The van der Waals surface area contributed by atoms with Crippen LogP contribution in [-0.4, -0.2) is 43.4 Å². The van der Waals surface area contributed by atoms with Crippen LogP contribution < -0.4 is 4.74 Å². The van der Waals surface area contributed by atoms with Crippen LogP contribution in [0.3, 0.4) is 0 Å². The van der Waals surface area contributed by atoms with Gasteiger partial charge in [0.1, 0.15) is 30.1 Å². The van der Waals surface area contributed by atoms with Crippen molar-refractivity contribution in [2.45, 2.75) is 19.4 Å². The van der Waals surface area contributed by atoms with E-state index < -0.39 is 6.10 Å². The van der Waals surface area contributed by atoms with Crippen LogP contribution in [0.25, 0.3) is 10.8 Å². The lowest BCUT2D eigenvalue weighted by molar-refractivity contribution is 0.0830. The molecule has 0 aliphatic rings. The highest BCUT2D eigenvalue weighted by atomic mass is 35.5. The largest absolute Gasteiger partial charge is 0.489 e. The van der Waals surface area contributed by atoms with E-state index in [0.29, 0.717) is 22.9 Å². The number of rotatable bonds is 6. The Morgan fingerprint density at radius 3 is 2.45 bits per heavy atom. The Bertz CT molecular complexity index is 966. The smallest absolute Gasteiger partial charge is 0.138 e. The van der Waals surface area contributed by atoms with Gasteiger partial charge in [0.25, 0.3) is 0 Å². The van der Waals surface area contributed by atoms with Gasteiger partial charge in [-0.15, -0.1) is 0 Å². The molecular weight excluding hydrogens is 384 g/mol. The molecule has 0 aliphatic carbocycles. The molecule has 0 amide bonds. The molecule has 0 fully saturated rings. The molecule has 1 unspecified atom stereocenters. The summed E-state index contributed by atoms with van der Waals surface area (Å²) in [6.45, 7) is 2.82. The third-order valence-corrected chi connectivity index (χ3v) is 4.63. The van der Waals surface area contributed by atoms with Gasteiger partial charge in [0.2, 0.25) is 0 Å². The molecule has 0 bridgehead atoms. The van der Waals surface area contributed by atoms with E-state index in [-0.39, 0.29) is 6.61 Å². The van der Waals surface area contributed by atoms with Gasteiger partial charge in [-0.25, -0.2) is 0 Å². The minimum absolute atomic E-state index is 0.132. The lowest BCUT2D eigenvalue weighted by atomic mass is 10.1. The highest BCUT2D eigenvalue weighted by Gasteiger charge is 2.11. The molecule has 3 rings (SSSR count). The summed E-state index contributed by atoms with van der Waals surface area (Å²) in [5.41, 5.74) is 1.71. The number of aliphatic hydroxyl groups excluding tert-OH is 1. The van der Waals surface area contributed by atoms with E-state index >= 15 is 0 Å². The van der Waals surface area contributed by atoms with Crippen molar-refractivity contribution in [2.24, 2.45) is 0 Å². The lowest BCUT2D eigenvalue weighted by Crippen LogP contribution is -2.30. The van der Waals surface area contributed by atoms with E-state index in [2.05, 4.69) is 49.4 Å². The van der Waals surface area contributed by atoms with E-state index in [1.807, 2.05) is 25.1 Å². The van der Waals surface area contributed by atoms with Crippen molar-refractivity contribution in [3.63, 3.8) is 0 Å². The molecule has 3 aromatic rings. The van der Waals surface area contributed by atoms with Gasteiger partial charge in [0.15, 0.2) is 0 Å². The number of ether oxygens (including phenoxy) is 1. The Morgan fingerprint density at radius 2 is 1.79 bits per heavy atom. The van der Waals surface area contributed by atoms with Gasteiger partial charge < -0.3 is 14.7 Å². The van der Waals surface area contributed by atoms with Crippen molar-refractivity contribution in [2.75, 3.05) is 27.2 Å². The Labute approximate surface area is 177 Å². The van der Waals surface area contributed by atoms with Gasteiger partial charge >= 0.3 is 0 Å². The Balaban J connectivity index is 0.000000218. The normalized spacial score (nSPS) is 11.5. The first-order chi connectivity index (χ1) is 13.9. The number of aliphatic hydroxyl groups is 1. The van der Waals surface area contributed by atoms with E-state index in [9.17, 15) is 5.11 Å². The number of hydrogen-bond donors (Lipinski definition) is 1. The van der Waals surface area contributed by atoms with Crippen LogP contribution in [0.2, 0.25) is 5.02 Å². The summed E-state index contributed by atoms with van der Waals surface area (Å²) in [6, 6.07) is 22.1. The standard InChI is InChI=1S/C12H15ClN2O2.C12H12/c1-15(2)7-9(16)8-17-12-5-3-4-11(13)10(12)6-14;1-2-10-7-8-11-5-3-4-6-12(11)9-10/h3-5,9,16H,7-8H2,1-2H3;3-9H,2H2,1H3. The highest BCUT2D eigenvalue weighted by Crippen LogP contribution is 2.25. The maximum absolute atomic E-state index is 9.63. The summed E-state index contributed by atoms with van der Waals surface area (Å²) < 4.78 is 5.39. The van der Waals surface area contributed by atoms with E-state index in [1.54, 1.807) is 18.2 Å². The topological polar surface area (TPSA) is 56.5 Å². The number of halogens is 1. The first-order valence-electron chi connectivity index (χ1n) is 9.56. The van der Waals surface area contributed by atoms with E-state index in [4.69, 9.17) is 21.6 Å². The third-order valence-electron chi connectivity index (χ3n) is 4.32. The molecule has 1 N–H and O–H groups in total. The Morgan fingerprint density at radius 1 is 1.07 bits per heavy atom. The van der Waals surface area contributed by atoms with Gasteiger partial charge in [-0.3, -0.25) is 0 Å². The SMILES string of the molecule is CCc1ccc2ccccc2c1.CN(C)CC(O)COc1cccc(Cl)c1C#N. The molecule has 0 saturated heterocycles. The van der Waals surface area contributed by atoms with Gasteiger partial charge in [0.05, 0.1) is 5.02 Å². The Kier molecular flexibility index (Phi) is 8.95. The molecule has 0 spiro atoms. The van der Waals surface area contributed by atoms with Crippen molar-refractivity contribution in [3.05, 3.63) is 76.8 Å². The molecule has 0 aliphatic heterocycles. The molecule has 4 nitrogen and oxygen atoms in total. The van der Waals surface area contributed by atoms with Crippen molar-refractivity contribution in [1.29, 1.82) is 5.26 Å². The molecule has 5 heteroatoms. The fraction of sp³-hybridized carbons (Fsp3) is 0.292. The number of nitriles is 1. The second kappa shape index (κ2) is 11.4. The zero-order valence-corrected chi connectivity index (χ0v) is 17.9.